The molecule has 0 bridgehead atoms. The minimum Gasteiger partial charge on any atom is -0.463 e. The molecule has 74 valence electrons. The summed E-state index contributed by atoms with van der Waals surface area (Å²) in [5.74, 6) is -0.125. The Bertz CT molecular complexity index is 106. The molecule has 0 saturated carbocycles. The molecular weight excluding hydrogens is 156 g/mol. The Labute approximate surface area is 74.7 Å². The van der Waals surface area contributed by atoms with Crippen LogP contribution in [0.1, 0.15) is 41.0 Å². The number of rotatable bonds is 2. The lowest BCUT2D eigenvalue weighted by atomic mass is 10.4. The van der Waals surface area contributed by atoms with Crippen molar-refractivity contribution >= 4 is 5.97 Å². The largest absolute Gasteiger partial charge is 0.463 e. The number of hydrogen-bond acceptors (Lipinski definition) is 3. The van der Waals surface area contributed by atoms with E-state index in [2.05, 4.69) is 0 Å². The molecule has 0 aromatic carbocycles. The number of carbonyl (C=O) groups excluding carboxylic acids is 1. The average molecular weight is 176 g/mol. The van der Waals surface area contributed by atoms with Gasteiger partial charge >= 0.3 is 5.97 Å². The summed E-state index contributed by atoms with van der Waals surface area (Å²) in [4.78, 5) is 10.4. The molecule has 0 aromatic rings. The van der Waals surface area contributed by atoms with E-state index in [-0.39, 0.29) is 18.2 Å². The monoisotopic (exact) mass is 176 g/mol. The summed E-state index contributed by atoms with van der Waals surface area (Å²) in [5, 5.41) is 8.06. The third kappa shape index (κ3) is 22.7. The zero-order valence-electron chi connectivity index (χ0n) is 8.63. The first kappa shape index (κ1) is 14.0. The van der Waals surface area contributed by atoms with Crippen LogP contribution in [0.4, 0.5) is 0 Å². The SMILES string of the molecule is CC(C)O.CCC(=O)OC(C)C. The number of esters is 1. The third-order valence-electron chi connectivity index (χ3n) is 0.656. The first-order chi connectivity index (χ1) is 5.40. The number of carbonyl (C=O) groups is 1. The quantitative estimate of drug-likeness (QED) is 0.652. The molecule has 3 nitrogen and oxygen atoms in total. The predicted octanol–water partition coefficient (Wildman–Crippen LogP) is 1.74. The summed E-state index contributed by atoms with van der Waals surface area (Å²) in [5.41, 5.74) is 0. The van der Waals surface area contributed by atoms with Crippen molar-refractivity contribution in [3.8, 4) is 0 Å². The number of aliphatic hydroxyl groups is 1. The van der Waals surface area contributed by atoms with E-state index in [0.29, 0.717) is 6.42 Å². The van der Waals surface area contributed by atoms with Crippen LogP contribution >= 0.6 is 0 Å². The molecule has 0 aromatic heterocycles. The van der Waals surface area contributed by atoms with Crippen LogP contribution in [0.15, 0.2) is 0 Å². The summed E-state index contributed by atoms with van der Waals surface area (Å²) >= 11 is 0. The lowest BCUT2D eigenvalue weighted by molar-refractivity contribution is -0.146. The molecule has 0 rings (SSSR count). The molecule has 0 aliphatic rings. The molecule has 0 heterocycles. The van der Waals surface area contributed by atoms with Crippen molar-refractivity contribution in [1.82, 2.24) is 0 Å². The van der Waals surface area contributed by atoms with Crippen LogP contribution in [0.3, 0.4) is 0 Å². The van der Waals surface area contributed by atoms with Gasteiger partial charge in [0, 0.05) is 12.5 Å². The highest BCUT2D eigenvalue weighted by Crippen LogP contribution is 1.90. The number of ether oxygens (including phenoxy) is 1. The van der Waals surface area contributed by atoms with Crippen molar-refractivity contribution < 1.29 is 14.6 Å². The van der Waals surface area contributed by atoms with Crippen LogP contribution < -0.4 is 0 Å². The fourth-order valence-electron chi connectivity index (χ4n) is 0.346. The number of aliphatic hydroxyl groups excluding tert-OH is 1. The van der Waals surface area contributed by atoms with Crippen LogP contribution in [-0.4, -0.2) is 23.3 Å². The van der Waals surface area contributed by atoms with Crippen LogP contribution in [0.2, 0.25) is 0 Å². The van der Waals surface area contributed by atoms with Gasteiger partial charge in [-0.3, -0.25) is 4.79 Å². The van der Waals surface area contributed by atoms with Gasteiger partial charge in [-0.05, 0) is 27.7 Å². The predicted molar refractivity (Wildman–Crippen MR) is 48.9 cm³/mol. The van der Waals surface area contributed by atoms with E-state index in [0.717, 1.165) is 0 Å². The smallest absolute Gasteiger partial charge is 0.305 e. The van der Waals surface area contributed by atoms with Crippen molar-refractivity contribution in [3.05, 3.63) is 0 Å². The Balaban J connectivity index is 0. The molecule has 0 unspecified atom stereocenters. The molecular formula is C9H20O3. The molecule has 12 heavy (non-hydrogen) atoms. The van der Waals surface area contributed by atoms with Crippen molar-refractivity contribution in [3.63, 3.8) is 0 Å². The first-order valence-electron chi connectivity index (χ1n) is 4.27. The van der Waals surface area contributed by atoms with E-state index in [1.54, 1.807) is 20.8 Å². The van der Waals surface area contributed by atoms with Crippen LogP contribution in [0, 0.1) is 0 Å². The molecule has 0 aliphatic heterocycles. The summed E-state index contributed by atoms with van der Waals surface area (Å²) < 4.78 is 4.76. The Morgan fingerprint density at radius 3 is 1.75 bits per heavy atom. The maximum Gasteiger partial charge on any atom is 0.305 e. The summed E-state index contributed by atoms with van der Waals surface area (Å²) in [6, 6.07) is 0. The van der Waals surface area contributed by atoms with Gasteiger partial charge in [-0.2, -0.15) is 0 Å². The van der Waals surface area contributed by atoms with E-state index in [4.69, 9.17) is 9.84 Å². The molecule has 0 saturated heterocycles. The Kier molecular flexibility index (Phi) is 9.93. The van der Waals surface area contributed by atoms with Crippen LogP contribution in [-0.2, 0) is 9.53 Å². The van der Waals surface area contributed by atoms with Gasteiger partial charge in [0.05, 0.1) is 6.10 Å². The van der Waals surface area contributed by atoms with Crippen LogP contribution in [0.5, 0.6) is 0 Å². The molecule has 0 aliphatic carbocycles. The first-order valence-corrected chi connectivity index (χ1v) is 4.27. The van der Waals surface area contributed by atoms with Crippen LogP contribution in [0.25, 0.3) is 0 Å². The highest BCUT2D eigenvalue weighted by atomic mass is 16.5. The Morgan fingerprint density at radius 1 is 1.33 bits per heavy atom. The highest BCUT2D eigenvalue weighted by Gasteiger charge is 1.98. The fraction of sp³-hybridized carbons (Fsp3) is 0.889. The van der Waals surface area contributed by atoms with Gasteiger partial charge in [0.15, 0.2) is 0 Å². The molecule has 3 heteroatoms. The maximum atomic E-state index is 10.4. The van der Waals surface area contributed by atoms with Gasteiger partial charge in [-0.25, -0.2) is 0 Å². The highest BCUT2D eigenvalue weighted by molar-refractivity contribution is 5.68. The normalized spacial score (nSPS) is 9.33. The van der Waals surface area contributed by atoms with Gasteiger partial charge in [0.1, 0.15) is 0 Å². The fourth-order valence-corrected chi connectivity index (χ4v) is 0.346. The van der Waals surface area contributed by atoms with Gasteiger partial charge < -0.3 is 9.84 Å². The summed E-state index contributed by atoms with van der Waals surface area (Å²) in [7, 11) is 0. The number of hydrogen-bond donors (Lipinski definition) is 1. The summed E-state index contributed by atoms with van der Waals surface area (Å²) in [6.07, 6.45) is 0.334. The Morgan fingerprint density at radius 2 is 1.67 bits per heavy atom. The third-order valence-corrected chi connectivity index (χ3v) is 0.656. The van der Waals surface area contributed by atoms with E-state index in [1.807, 2.05) is 13.8 Å². The van der Waals surface area contributed by atoms with E-state index >= 15 is 0 Å². The van der Waals surface area contributed by atoms with E-state index in [9.17, 15) is 4.79 Å². The molecule has 1 N–H and O–H groups in total. The zero-order valence-corrected chi connectivity index (χ0v) is 8.63. The van der Waals surface area contributed by atoms with Crippen molar-refractivity contribution in [1.29, 1.82) is 0 Å². The maximum absolute atomic E-state index is 10.4. The van der Waals surface area contributed by atoms with Gasteiger partial charge in [-0.15, -0.1) is 0 Å². The lowest BCUT2D eigenvalue weighted by Gasteiger charge is -2.04. The summed E-state index contributed by atoms with van der Waals surface area (Å²) in [6.45, 7) is 8.91. The minimum absolute atomic E-state index is 0.0300. The lowest BCUT2D eigenvalue weighted by Crippen LogP contribution is -2.09. The second-order valence-corrected chi connectivity index (χ2v) is 2.99. The van der Waals surface area contributed by atoms with E-state index in [1.165, 1.54) is 0 Å². The molecule has 0 amide bonds. The second kappa shape index (κ2) is 8.53. The average Bonchev–Trinajstić information content (AvgIpc) is 1.84. The minimum atomic E-state index is -0.167. The second-order valence-electron chi connectivity index (χ2n) is 2.99. The van der Waals surface area contributed by atoms with Gasteiger partial charge in [0.25, 0.3) is 0 Å². The molecule has 0 fully saturated rings. The molecule has 0 spiro atoms. The molecule has 0 radical (unpaired) electrons. The zero-order chi connectivity index (χ0) is 10.1. The van der Waals surface area contributed by atoms with Crippen molar-refractivity contribution in [2.75, 3.05) is 0 Å². The molecule has 0 atom stereocenters. The van der Waals surface area contributed by atoms with E-state index < -0.39 is 0 Å². The van der Waals surface area contributed by atoms with Crippen molar-refractivity contribution in [2.45, 2.75) is 53.2 Å². The Hall–Kier alpha value is -0.570. The van der Waals surface area contributed by atoms with Gasteiger partial charge in [0.2, 0.25) is 0 Å². The topological polar surface area (TPSA) is 46.5 Å². The van der Waals surface area contributed by atoms with Gasteiger partial charge in [-0.1, -0.05) is 6.92 Å². The standard InChI is InChI=1S/C6H12O2.C3H8O/c1-4-6(7)8-5(2)3;1-3(2)4/h5H,4H2,1-3H3;3-4H,1-2H3. The van der Waals surface area contributed by atoms with Crippen molar-refractivity contribution in [2.24, 2.45) is 0 Å².